The van der Waals surface area contributed by atoms with E-state index in [0.717, 1.165) is 25.3 Å². The largest absolute Gasteiger partial charge is 0.311 e. The van der Waals surface area contributed by atoms with Crippen molar-refractivity contribution in [2.45, 2.75) is 26.4 Å². The van der Waals surface area contributed by atoms with Crippen molar-refractivity contribution in [1.29, 1.82) is 0 Å². The second kappa shape index (κ2) is 3.92. The molecule has 2 heterocycles. The van der Waals surface area contributed by atoms with Crippen molar-refractivity contribution in [3.63, 3.8) is 0 Å². The van der Waals surface area contributed by atoms with Crippen LogP contribution in [0.3, 0.4) is 0 Å². The minimum Gasteiger partial charge on any atom is -0.311 e. The van der Waals surface area contributed by atoms with Crippen molar-refractivity contribution in [2.75, 3.05) is 6.54 Å². The van der Waals surface area contributed by atoms with Crippen LogP contribution in [0.15, 0.2) is 6.07 Å². The molecule has 1 aromatic heterocycles. The summed E-state index contributed by atoms with van der Waals surface area (Å²) in [7, 11) is 0. The summed E-state index contributed by atoms with van der Waals surface area (Å²) in [6, 6.07) is 2.15. The van der Waals surface area contributed by atoms with Crippen molar-refractivity contribution < 1.29 is 0 Å². The van der Waals surface area contributed by atoms with E-state index in [2.05, 4.69) is 21.2 Å². The third-order valence-electron chi connectivity index (χ3n) is 2.02. The summed E-state index contributed by atoms with van der Waals surface area (Å²) < 4.78 is 2.11. The SMILES string of the molecule is Cc1cc2n(n1)CCCNC2.Cl. The fourth-order valence-corrected chi connectivity index (χ4v) is 1.51. The second-order valence-corrected chi connectivity index (χ2v) is 3.03. The number of hydrogen-bond donors (Lipinski definition) is 1. The molecule has 12 heavy (non-hydrogen) atoms. The molecule has 0 saturated carbocycles. The molecule has 0 aliphatic carbocycles. The van der Waals surface area contributed by atoms with E-state index in [1.54, 1.807) is 0 Å². The lowest BCUT2D eigenvalue weighted by Crippen LogP contribution is -2.11. The Hall–Kier alpha value is -0.540. The van der Waals surface area contributed by atoms with E-state index < -0.39 is 0 Å². The number of hydrogen-bond acceptors (Lipinski definition) is 2. The van der Waals surface area contributed by atoms with Crippen molar-refractivity contribution in [1.82, 2.24) is 15.1 Å². The molecule has 1 N–H and O–H groups in total. The summed E-state index contributed by atoms with van der Waals surface area (Å²) in [5.74, 6) is 0. The lowest BCUT2D eigenvalue weighted by atomic mass is 10.4. The van der Waals surface area contributed by atoms with Gasteiger partial charge in [0.1, 0.15) is 0 Å². The number of aryl methyl sites for hydroxylation is 2. The second-order valence-electron chi connectivity index (χ2n) is 3.03. The Bertz CT molecular complexity index is 233. The summed E-state index contributed by atoms with van der Waals surface area (Å²) in [4.78, 5) is 0. The molecule has 0 bridgehead atoms. The van der Waals surface area contributed by atoms with E-state index in [9.17, 15) is 0 Å². The monoisotopic (exact) mass is 187 g/mol. The zero-order valence-electron chi connectivity index (χ0n) is 7.21. The van der Waals surface area contributed by atoms with Crippen LogP contribution < -0.4 is 5.32 Å². The molecule has 68 valence electrons. The molecule has 1 aliphatic rings. The van der Waals surface area contributed by atoms with Gasteiger partial charge in [0.25, 0.3) is 0 Å². The van der Waals surface area contributed by atoms with Crippen LogP contribution in [0.4, 0.5) is 0 Å². The molecular formula is C8H14ClN3. The third-order valence-corrected chi connectivity index (χ3v) is 2.02. The molecule has 3 nitrogen and oxygen atoms in total. The van der Waals surface area contributed by atoms with Crippen LogP contribution >= 0.6 is 12.4 Å². The van der Waals surface area contributed by atoms with Gasteiger partial charge in [0, 0.05) is 13.1 Å². The number of nitrogens with one attached hydrogen (secondary N) is 1. The van der Waals surface area contributed by atoms with Crippen LogP contribution in [-0.2, 0) is 13.1 Å². The van der Waals surface area contributed by atoms with Gasteiger partial charge < -0.3 is 5.32 Å². The zero-order chi connectivity index (χ0) is 7.68. The molecule has 0 spiro atoms. The lowest BCUT2D eigenvalue weighted by molar-refractivity contribution is 0.583. The van der Waals surface area contributed by atoms with Crippen LogP contribution in [0.25, 0.3) is 0 Å². The average molecular weight is 188 g/mol. The number of fused-ring (bicyclic) bond motifs is 1. The summed E-state index contributed by atoms with van der Waals surface area (Å²) >= 11 is 0. The predicted molar refractivity (Wildman–Crippen MR) is 50.5 cm³/mol. The van der Waals surface area contributed by atoms with Crippen LogP contribution in [0.1, 0.15) is 17.8 Å². The Morgan fingerprint density at radius 3 is 3.25 bits per heavy atom. The van der Waals surface area contributed by atoms with Crippen LogP contribution in [0, 0.1) is 6.92 Å². The van der Waals surface area contributed by atoms with Crippen LogP contribution in [0.5, 0.6) is 0 Å². The molecule has 0 radical (unpaired) electrons. The van der Waals surface area contributed by atoms with Gasteiger partial charge >= 0.3 is 0 Å². The maximum absolute atomic E-state index is 4.39. The van der Waals surface area contributed by atoms with Crippen LogP contribution in [0.2, 0.25) is 0 Å². The van der Waals surface area contributed by atoms with E-state index >= 15 is 0 Å². The van der Waals surface area contributed by atoms with Crippen molar-refractivity contribution in [2.24, 2.45) is 0 Å². The standard InChI is InChI=1S/C8H13N3.ClH/c1-7-5-8-6-9-3-2-4-11(8)10-7;/h5,9H,2-4,6H2,1H3;1H. The molecule has 0 atom stereocenters. The van der Waals surface area contributed by atoms with Gasteiger partial charge in [-0.3, -0.25) is 4.68 Å². The van der Waals surface area contributed by atoms with E-state index in [1.165, 1.54) is 12.1 Å². The van der Waals surface area contributed by atoms with Gasteiger partial charge in [-0.25, -0.2) is 0 Å². The fraction of sp³-hybridized carbons (Fsp3) is 0.625. The van der Waals surface area contributed by atoms with E-state index in [-0.39, 0.29) is 12.4 Å². The highest BCUT2D eigenvalue weighted by molar-refractivity contribution is 5.85. The Balaban J connectivity index is 0.000000720. The van der Waals surface area contributed by atoms with E-state index in [4.69, 9.17) is 0 Å². The van der Waals surface area contributed by atoms with Crippen molar-refractivity contribution in [3.05, 3.63) is 17.5 Å². The first kappa shape index (κ1) is 9.55. The maximum atomic E-state index is 4.39. The molecule has 1 aliphatic heterocycles. The Morgan fingerprint density at radius 1 is 1.58 bits per heavy atom. The van der Waals surface area contributed by atoms with E-state index in [0.29, 0.717) is 0 Å². The van der Waals surface area contributed by atoms with Gasteiger partial charge in [-0.1, -0.05) is 0 Å². The molecule has 0 fully saturated rings. The first-order valence-corrected chi connectivity index (χ1v) is 4.10. The van der Waals surface area contributed by atoms with Gasteiger partial charge in [0.05, 0.1) is 11.4 Å². The highest BCUT2D eigenvalue weighted by Crippen LogP contribution is 2.06. The van der Waals surface area contributed by atoms with Crippen LogP contribution in [-0.4, -0.2) is 16.3 Å². The Kier molecular flexibility index (Phi) is 3.12. The lowest BCUT2D eigenvalue weighted by Gasteiger charge is -1.98. The molecular weight excluding hydrogens is 174 g/mol. The summed E-state index contributed by atoms with van der Waals surface area (Å²) in [5, 5.41) is 7.74. The minimum atomic E-state index is 0. The Morgan fingerprint density at radius 2 is 2.42 bits per heavy atom. The zero-order valence-corrected chi connectivity index (χ0v) is 8.02. The molecule has 0 unspecified atom stereocenters. The van der Waals surface area contributed by atoms with Gasteiger partial charge in [0.2, 0.25) is 0 Å². The smallest absolute Gasteiger partial charge is 0.0597 e. The van der Waals surface area contributed by atoms with Gasteiger partial charge in [-0.2, -0.15) is 5.10 Å². The quantitative estimate of drug-likeness (QED) is 0.660. The van der Waals surface area contributed by atoms with Gasteiger partial charge in [-0.05, 0) is 26.0 Å². The minimum absolute atomic E-state index is 0. The number of halogens is 1. The van der Waals surface area contributed by atoms with Gasteiger partial charge in [0.15, 0.2) is 0 Å². The highest BCUT2D eigenvalue weighted by atomic mass is 35.5. The highest BCUT2D eigenvalue weighted by Gasteiger charge is 2.07. The first-order valence-electron chi connectivity index (χ1n) is 4.10. The molecule has 4 heteroatoms. The van der Waals surface area contributed by atoms with Gasteiger partial charge in [-0.15, -0.1) is 12.4 Å². The fourth-order valence-electron chi connectivity index (χ4n) is 1.51. The Labute approximate surface area is 78.6 Å². The molecule has 0 aromatic carbocycles. The molecule has 1 aromatic rings. The maximum Gasteiger partial charge on any atom is 0.0597 e. The number of rotatable bonds is 0. The molecule has 2 rings (SSSR count). The number of aromatic nitrogens is 2. The summed E-state index contributed by atoms with van der Waals surface area (Å²) in [5.41, 5.74) is 2.45. The average Bonchev–Trinajstić information content (AvgIpc) is 2.17. The first-order chi connectivity index (χ1) is 5.36. The topological polar surface area (TPSA) is 29.9 Å². The molecule has 0 saturated heterocycles. The summed E-state index contributed by atoms with van der Waals surface area (Å²) in [6.45, 7) is 5.20. The third kappa shape index (κ3) is 1.79. The molecule has 0 amide bonds. The number of nitrogens with zero attached hydrogens (tertiary/aromatic N) is 2. The predicted octanol–water partition coefficient (Wildman–Crippen LogP) is 1.11. The normalized spacial score (nSPS) is 16.1. The van der Waals surface area contributed by atoms with Crippen molar-refractivity contribution >= 4 is 12.4 Å². The summed E-state index contributed by atoms with van der Waals surface area (Å²) in [6.07, 6.45) is 1.19. The van der Waals surface area contributed by atoms with E-state index in [1.807, 2.05) is 6.92 Å². The van der Waals surface area contributed by atoms with Crippen molar-refractivity contribution in [3.8, 4) is 0 Å².